The van der Waals surface area contributed by atoms with E-state index in [4.69, 9.17) is 4.84 Å². The van der Waals surface area contributed by atoms with Crippen molar-refractivity contribution in [3.8, 4) is 0 Å². The highest BCUT2D eigenvalue weighted by atomic mass is 16.6. The zero-order valence-corrected chi connectivity index (χ0v) is 6.68. The Bertz CT molecular complexity index is 146. The Hall–Kier alpha value is -0.990. The summed E-state index contributed by atoms with van der Waals surface area (Å²) in [6, 6.07) is 0. The molecule has 1 N–H and O–H groups in total. The van der Waals surface area contributed by atoms with Crippen molar-refractivity contribution in [2.75, 3.05) is 13.2 Å². The second-order valence-corrected chi connectivity index (χ2v) is 2.51. The molecule has 0 aromatic heterocycles. The number of amidine groups is 1. The normalized spacial score (nSPS) is 20.9. The molecule has 0 aromatic rings. The van der Waals surface area contributed by atoms with Crippen molar-refractivity contribution in [2.45, 2.75) is 19.3 Å². The average molecular weight is 154 g/mol. The van der Waals surface area contributed by atoms with Crippen molar-refractivity contribution in [1.29, 1.82) is 0 Å². The highest BCUT2D eigenvalue weighted by Gasteiger charge is 2.04. The Morgan fingerprint density at radius 2 is 2.55 bits per heavy atom. The minimum atomic E-state index is 0.491. The van der Waals surface area contributed by atoms with E-state index in [0.29, 0.717) is 6.61 Å². The summed E-state index contributed by atoms with van der Waals surface area (Å²) in [6.45, 7) is 5.04. The van der Waals surface area contributed by atoms with Crippen LogP contribution in [0.2, 0.25) is 0 Å². The van der Waals surface area contributed by atoms with Gasteiger partial charge in [-0.15, -0.1) is 0 Å². The number of rotatable bonds is 3. The molecule has 3 nitrogen and oxygen atoms in total. The first-order valence-electron chi connectivity index (χ1n) is 3.97. The molecular weight excluding hydrogens is 140 g/mol. The minimum Gasteiger partial charge on any atom is -0.390 e. The summed E-state index contributed by atoms with van der Waals surface area (Å²) >= 11 is 0. The molecule has 0 bridgehead atoms. The van der Waals surface area contributed by atoms with E-state index in [-0.39, 0.29) is 0 Å². The molecule has 0 aliphatic carbocycles. The van der Waals surface area contributed by atoms with Gasteiger partial charge in [0.25, 0.3) is 0 Å². The van der Waals surface area contributed by atoms with Crippen LogP contribution >= 0.6 is 0 Å². The van der Waals surface area contributed by atoms with Gasteiger partial charge < -0.3 is 10.2 Å². The van der Waals surface area contributed by atoms with Crippen LogP contribution in [-0.4, -0.2) is 19.0 Å². The maximum absolute atomic E-state index is 4.93. The van der Waals surface area contributed by atoms with Crippen molar-refractivity contribution in [1.82, 2.24) is 5.32 Å². The SMILES string of the molecule is C=CCON=C1CCCCN1. The smallest absolute Gasteiger partial charge is 0.141 e. The molecule has 1 fully saturated rings. The molecule has 1 aliphatic rings. The Morgan fingerprint density at radius 3 is 3.18 bits per heavy atom. The third kappa shape index (κ3) is 3.07. The molecule has 1 saturated heterocycles. The maximum atomic E-state index is 4.93. The molecule has 1 aliphatic heterocycles. The van der Waals surface area contributed by atoms with Crippen LogP contribution in [0.1, 0.15) is 19.3 Å². The molecule has 3 heteroatoms. The molecule has 0 amide bonds. The molecule has 0 radical (unpaired) electrons. The minimum absolute atomic E-state index is 0.491. The third-order valence-electron chi connectivity index (χ3n) is 1.54. The van der Waals surface area contributed by atoms with Crippen molar-refractivity contribution < 1.29 is 4.84 Å². The van der Waals surface area contributed by atoms with Gasteiger partial charge in [0.15, 0.2) is 0 Å². The van der Waals surface area contributed by atoms with Crippen molar-refractivity contribution in [3.05, 3.63) is 12.7 Å². The summed E-state index contributed by atoms with van der Waals surface area (Å²) in [5.74, 6) is 0.970. The van der Waals surface area contributed by atoms with Crippen LogP contribution in [0.4, 0.5) is 0 Å². The number of piperidine rings is 1. The molecule has 0 atom stereocenters. The van der Waals surface area contributed by atoms with Crippen LogP contribution in [0.25, 0.3) is 0 Å². The zero-order chi connectivity index (χ0) is 7.94. The fraction of sp³-hybridized carbons (Fsp3) is 0.625. The lowest BCUT2D eigenvalue weighted by Crippen LogP contribution is -2.29. The first kappa shape index (κ1) is 8.11. The lowest BCUT2D eigenvalue weighted by atomic mass is 10.2. The Labute approximate surface area is 67.1 Å². The Morgan fingerprint density at radius 1 is 1.64 bits per heavy atom. The lowest BCUT2D eigenvalue weighted by molar-refractivity contribution is 0.172. The summed E-state index contributed by atoms with van der Waals surface area (Å²) in [5, 5.41) is 7.08. The van der Waals surface area contributed by atoms with E-state index in [9.17, 15) is 0 Å². The van der Waals surface area contributed by atoms with Gasteiger partial charge in [-0.25, -0.2) is 0 Å². The topological polar surface area (TPSA) is 33.6 Å². The van der Waals surface area contributed by atoms with E-state index in [1.165, 1.54) is 12.8 Å². The first-order chi connectivity index (χ1) is 5.43. The Balaban J connectivity index is 2.20. The number of hydrogen-bond acceptors (Lipinski definition) is 2. The predicted molar refractivity (Wildman–Crippen MR) is 45.4 cm³/mol. The molecule has 0 unspecified atom stereocenters. The second kappa shape index (κ2) is 4.77. The number of nitrogens with one attached hydrogen (secondary N) is 1. The largest absolute Gasteiger partial charge is 0.390 e. The number of oxime groups is 1. The molecule has 1 rings (SSSR count). The molecule has 62 valence electrons. The van der Waals surface area contributed by atoms with Gasteiger partial charge in [-0.1, -0.05) is 17.8 Å². The highest BCUT2D eigenvalue weighted by Crippen LogP contribution is 2.01. The van der Waals surface area contributed by atoms with E-state index in [0.717, 1.165) is 18.8 Å². The molecular formula is C8H14N2O. The molecule has 0 spiro atoms. The quantitative estimate of drug-likeness (QED) is 0.377. The van der Waals surface area contributed by atoms with Gasteiger partial charge in [-0.2, -0.15) is 0 Å². The average Bonchev–Trinajstić information content (AvgIpc) is 2.07. The van der Waals surface area contributed by atoms with Crippen LogP contribution in [0.15, 0.2) is 17.8 Å². The lowest BCUT2D eigenvalue weighted by Gasteiger charge is -2.13. The van der Waals surface area contributed by atoms with Gasteiger partial charge in [0.05, 0.1) is 0 Å². The highest BCUT2D eigenvalue weighted by molar-refractivity contribution is 5.82. The monoisotopic (exact) mass is 154 g/mol. The third-order valence-corrected chi connectivity index (χ3v) is 1.54. The fourth-order valence-corrected chi connectivity index (χ4v) is 0.984. The van der Waals surface area contributed by atoms with Crippen molar-refractivity contribution >= 4 is 5.84 Å². The molecule has 11 heavy (non-hydrogen) atoms. The van der Waals surface area contributed by atoms with Crippen LogP contribution in [0.5, 0.6) is 0 Å². The van der Waals surface area contributed by atoms with Crippen LogP contribution in [0, 0.1) is 0 Å². The van der Waals surface area contributed by atoms with Crippen LogP contribution in [-0.2, 0) is 4.84 Å². The van der Waals surface area contributed by atoms with Crippen LogP contribution < -0.4 is 5.32 Å². The molecule has 0 saturated carbocycles. The van der Waals surface area contributed by atoms with E-state index in [1.54, 1.807) is 6.08 Å². The van der Waals surface area contributed by atoms with Gasteiger partial charge in [-0.3, -0.25) is 0 Å². The second-order valence-electron chi connectivity index (χ2n) is 2.51. The zero-order valence-electron chi connectivity index (χ0n) is 6.68. The summed E-state index contributed by atoms with van der Waals surface area (Å²) in [4.78, 5) is 4.93. The van der Waals surface area contributed by atoms with Gasteiger partial charge in [0.1, 0.15) is 12.4 Å². The summed E-state index contributed by atoms with van der Waals surface area (Å²) < 4.78 is 0. The number of nitrogens with zero attached hydrogens (tertiary/aromatic N) is 1. The molecule has 1 heterocycles. The van der Waals surface area contributed by atoms with Crippen molar-refractivity contribution in [2.24, 2.45) is 5.16 Å². The van der Waals surface area contributed by atoms with Gasteiger partial charge in [0, 0.05) is 13.0 Å². The Kier molecular flexibility index (Phi) is 3.52. The van der Waals surface area contributed by atoms with Crippen LogP contribution in [0.3, 0.4) is 0 Å². The van der Waals surface area contributed by atoms with Gasteiger partial charge in [0.2, 0.25) is 0 Å². The van der Waals surface area contributed by atoms with E-state index in [2.05, 4.69) is 17.1 Å². The number of hydrogen-bond donors (Lipinski definition) is 1. The fourth-order valence-electron chi connectivity index (χ4n) is 0.984. The molecule has 0 aromatic carbocycles. The first-order valence-corrected chi connectivity index (χ1v) is 3.97. The van der Waals surface area contributed by atoms with E-state index < -0.39 is 0 Å². The standard InChI is InChI=1S/C8H14N2O/c1-2-7-11-10-8-5-3-4-6-9-8/h2H,1,3-7H2,(H,9,10). The van der Waals surface area contributed by atoms with Crippen molar-refractivity contribution in [3.63, 3.8) is 0 Å². The summed E-state index contributed by atoms with van der Waals surface area (Å²) in [5.41, 5.74) is 0. The van der Waals surface area contributed by atoms with Gasteiger partial charge in [-0.05, 0) is 12.8 Å². The van der Waals surface area contributed by atoms with Gasteiger partial charge >= 0.3 is 0 Å². The van der Waals surface area contributed by atoms with E-state index in [1.807, 2.05) is 0 Å². The summed E-state index contributed by atoms with van der Waals surface area (Å²) in [7, 11) is 0. The predicted octanol–water partition coefficient (Wildman–Crippen LogP) is 1.28. The van der Waals surface area contributed by atoms with E-state index >= 15 is 0 Å². The summed E-state index contributed by atoms with van der Waals surface area (Å²) in [6.07, 6.45) is 5.15. The maximum Gasteiger partial charge on any atom is 0.141 e.